The first-order valence-electron chi connectivity index (χ1n) is 12.2. The van der Waals surface area contributed by atoms with Crippen molar-refractivity contribution >= 4 is 18.7 Å². The number of carbonyl (C=O) groups is 1. The fraction of sp³-hybridized carbons (Fsp3) is 0.300. The second kappa shape index (κ2) is 9.17. The molecule has 1 amide bonds. The van der Waals surface area contributed by atoms with Crippen LogP contribution in [0.2, 0.25) is 0 Å². The van der Waals surface area contributed by atoms with Gasteiger partial charge < -0.3 is 19.4 Å². The maximum atomic E-state index is 12.6. The second-order valence-corrected chi connectivity index (χ2v) is 10.4. The van der Waals surface area contributed by atoms with Crippen molar-refractivity contribution in [2.45, 2.75) is 51.4 Å². The Morgan fingerprint density at radius 1 is 0.972 bits per heavy atom. The molecule has 0 saturated carbocycles. The van der Waals surface area contributed by atoms with E-state index in [2.05, 4.69) is 35.5 Å². The van der Waals surface area contributed by atoms with Crippen molar-refractivity contribution in [3.05, 3.63) is 89.0 Å². The molecule has 1 saturated heterocycles. The number of benzene rings is 3. The van der Waals surface area contributed by atoms with Crippen molar-refractivity contribution in [2.75, 3.05) is 6.61 Å². The highest BCUT2D eigenvalue weighted by Gasteiger charge is 2.51. The summed E-state index contributed by atoms with van der Waals surface area (Å²) in [7, 11) is -0.531. The van der Waals surface area contributed by atoms with Gasteiger partial charge in [0.15, 0.2) is 0 Å². The summed E-state index contributed by atoms with van der Waals surface area (Å²) in [6, 6.07) is 22.3. The first-order chi connectivity index (χ1) is 17.2. The van der Waals surface area contributed by atoms with Crippen molar-refractivity contribution in [3.8, 4) is 23.5 Å². The Kier molecular flexibility index (Phi) is 6.16. The SMILES string of the molecule is C#Cc1cc(CNC(=O)OCC2c3ccccc3-c3ccccc32)cc(B2OC(C)(C)C(C)(C)O2)c1. The van der Waals surface area contributed by atoms with Gasteiger partial charge in [-0.05, 0) is 73.1 Å². The zero-order chi connectivity index (χ0) is 25.5. The molecule has 0 bridgehead atoms. The quantitative estimate of drug-likeness (QED) is 0.413. The molecule has 1 aliphatic carbocycles. The Bertz CT molecular complexity index is 1300. The molecule has 1 heterocycles. The third-order valence-corrected chi connectivity index (χ3v) is 7.49. The number of nitrogens with one attached hydrogen (secondary N) is 1. The van der Waals surface area contributed by atoms with Crippen molar-refractivity contribution in [1.82, 2.24) is 5.32 Å². The average molecular weight is 479 g/mol. The van der Waals surface area contributed by atoms with E-state index in [1.807, 2.05) is 70.2 Å². The van der Waals surface area contributed by atoms with Gasteiger partial charge in [0.1, 0.15) is 6.61 Å². The van der Waals surface area contributed by atoms with Crippen LogP contribution < -0.4 is 10.8 Å². The zero-order valence-corrected chi connectivity index (χ0v) is 21.1. The number of terminal acetylenes is 1. The number of carbonyl (C=O) groups excluding carboxylic acids is 1. The summed E-state index contributed by atoms with van der Waals surface area (Å²) < 4.78 is 18.0. The Hall–Kier alpha value is -3.53. The Balaban J connectivity index is 1.25. The highest BCUT2D eigenvalue weighted by atomic mass is 16.7. The lowest BCUT2D eigenvalue weighted by atomic mass is 9.77. The monoisotopic (exact) mass is 479 g/mol. The molecule has 1 fully saturated rings. The standard InChI is InChI=1S/C30H30BNO4/c1-6-20-15-21(17-22(16-20)31-35-29(2,3)30(4,5)36-31)18-32-28(33)34-19-27-25-13-9-7-11-23(25)24-12-8-10-14-26(24)27/h1,7-17,27H,18-19H2,2-5H3,(H,32,33). The Morgan fingerprint density at radius 3 is 2.14 bits per heavy atom. The van der Waals surface area contributed by atoms with Crippen LogP contribution in [-0.4, -0.2) is 31.0 Å². The third kappa shape index (κ3) is 4.41. The topological polar surface area (TPSA) is 56.8 Å². The summed E-state index contributed by atoms with van der Waals surface area (Å²) in [5, 5.41) is 2.86. The van der Waals surface area contributed by atoms with E-state index in [-0.39, 0.29) is 19.1 Å². The molecule has 0 aromatic heterocycles. The molecular formula is C30H30BNO4. The lowest BCUT2D eigenvalue weighted by Crippen LogP contribution is -2.41. The highest BCUT2D eigenvalue weighted by Crippen LogP contribution is 2.44. The van der Waals surface area contributed by atoms with Gasteiger partial charge in [-0.15, -0.1) is 6.42 Å². The number of alkyl carbamates (subject to hydrolysis) is 1. The van der Waals surface area contributed by atoms with Gasteiger partial charge in [0, 0.05) is 18.0 Å². The van der Waals surface area contributed by atoms with Crippen LogP contribution >= 0.6 is 0 Å². The average Bonchev–Trinajstić information content (AvgIpc) is 3.30. The Morgan fingerprint density at radius 2 is 1.56 bits per heavy atom. The lowest BCUT2D eigenvalue weighted by molar-refractivity contribution is 0.00578. The molecule has 1 aliphatic heterocycles. The van der Waals surface area contributed by atoms with E-state index in [1.165, 1.54) is 22.3 Å². The summed E-state index contributed by atoms with van der Waals surface area (Å²) in [4.78, 5) is 12.6. The highest BCUT2D eigenvalue weighted by molar-refractivity contribution is 6.62. The third-order valence-electron chi connectivity index (χ3n) is 7.49. The molecule has 0 atom stereocenters. The maximum Gasteiger partial charge on any atom is 0.494 e. The van der Waals surface area contributed by atoms with Crippen LogP contribution in [0.1, 0.15) is 55.9 Å². The fourth-order valence-corrected chi connectivity index (χ4v) is 4.84. The van der Waals surface area contributed by atoms with E-state index in [4.69, 9.17) is 20.5 Å². The first-order valence-corrected chi connectivity index (χ1v) is 12.2. The van der Waals surface area contributed by atoms with Crippen LogP contribution in [0.15, 0.2) is 66.7 Å². The molecule has 1 N–H and O–H groups in total. The predicted octanol–water partition coefficient (Wildman–Crippen LogP) is 5.01. The molecule has 0 spiro atoms. The van der Waals surface area contributed by atoms with Crippen molar-refractivity contribution < 1.29 is 18.8 Å². The van der Waals surface area contributed by atoms with Gasteiger partial charge in [-0.1, -0.05) is 60.5 Å². The first kappa shape index (κ1) is 24.2. The van der Waals surface area contributed by atoms with Gasteiger partial charge >= 0.3 is 13.2 Å². The second-order valence-electron chi connectivity index (χ2n) is 10.4. The van der Waals surface area contributed by atoms with Crippen molar-refractivity contribution in [2.24, 2.45) is 0 Å². The number of hydrogen-bond donors (Lipinski definition) is 1. The molecular weight excluding hydrogens is 449 g/mol. The van der Waals surface area contributed by atoms with Crippen molar-refractivity contribution in [3.63, 3.8) is 0 Å². The molecule has 5 rings (SSSR count). The van der Waals surface area contributed by atoms with E-state index in [0.717, 1.165) is 11.0 Å². The fourth-order valence-electron chi connectivity index (χ4n) is 4.84. The maximum absolute atomic E-state index is 12.6. The van der Waals surface area contributed by atoms with Crippen LogP contribution in [0.4, 0.5) is 4.79 Å². The molecule has 182 valence electrons. The van der Waals surface area contributed by atoms with Crippen LogP contribution in [0.3, 0.4) is 0 Å². The van der Waals surface area contributed by atoms with Gasteiger partial charge in [0.25, 0.3) is 0 Å². The number of amides is 1. The van der Waals surface area contributed by atoms with Gasteiger partial charge in [0.05, 0.1) is 11.2 Å². The molecule has 0 unspecified atom stereocenters. The summed E-state index contributed by atoms with van der Waals surface area (Å²) in [5.74, 6) is 2.70. The number of rotatable bonds is 5. The molecule has 3 aromatic rings. The van der Waals surface area contributed by atoms with Crippen LogP contribution in [0.5, 0.6) is 0 Å². The van der Waals surface area contributed by atoms with E-state index in [1.54, 1.807) is 0 Å². The summed E-state index contributed by atoms with van der Waals surface area (Å²) in [6.07, 6.45) is 5.23. The van der Waals surface area contributed by atoms with E-state index >= 15 is 0 Å². The van der Waals surface area contributed by atoms with Crippen LogP contribution in [-0.2, 0) is 20.6 Å². The van der Waals surface area contributed by atoms with Gasteiger partial charge in [-0.2, -0.15) is 0 Å². The van der Waals surface area contributed by atoms with Gasteiger partial charge in [-0.3, -0.25) is 0 Å². The Labute approximate surface area is 213 Å². The summed E-state index contributed by atoms with van der Waals surface area (Å²) >= 11 is 0. The molecule has 36 heavy (non-hydrogen) atoms. The molecule has 3 aromatic carbocycles. The number of fused-ring (bicyclic) bond motifs is 3. The van der Waals surface area contributed by atoms with E-state index in [9.17, 15) is 4.79 Å². The van der Waals surface area contributed by atoms with E-state index < -0.39 is 24.4 Å². The largest absolute Gasteiger partial charge is 0.494 e. The smallest absolute Gasteiger partial charge is 0.449 e. The molecule has 6 heteroatoms. The van der Waals surface area contributed by atoms with E-state index in [0.29, 0.717) is 5.56 Å². The minimum Gasteiger partial charge on any atom is -0.449 e. The van der Waals surface area contributed by atoms with Crippen LogP contribution in [0.25, 0.3) is 11.1 Å². The molecule has 5 nitrogen and oxygen atoms in total. The number of ether oxygens (including phenoxy) is 1. The van der Waals surface area contributed by atoms with Gasteiger partial charge in [0.2, 0.25) is 0 Å². The molecule has 2 aliphatic rings. The van der Waals surface area contributed by atoms with Gasteiger partial charge in [-0.25, -0.2) is 4.79 Å². The summed E-state index contributed by atoms with van der Waals surface area (Å²) in [6.45, 7) is 8.59. The van der Waals surface area contributed by atoms with Crippen molar-refractivity contribution in [1.29, 1.82) is 0 Å². The van der Waals surface area contributed by atoms with Crippen LogP contribution in [0, 0.1) is 12.3 Å². The minimum absolute atomic E-state index is 0.0166. The normalized spacial score (nSPS) is 17.2. The summed E-state index contributed by atoms with van der Waals surface area (Å²) in [5.41, 5.74) is 6.23. The zero-order valence-electron chi connectivity index (χ0n) is 21.1. The molecule has 0 radical (unpaired) electrons. The predicted molar refractivity (Wildman–Crippen MR) is 142 cm³/mol. The number of hydrogen-bond acceptors (Lipinski definition) is 4. The lowest BCUT2D eigenvalue weighted by Gasteiger charge is -2.32. The minimum atomic E-state index is -0.531.